The Morgan fingerprint density at radius 2 is 0.592 bits per heavy atom. The van der Waals surface area contributed by atoms with Crippen LogP contribution in [0.25, 0.3) is 11.0 Å². The molecule has 9 heterocycles. The summed E-state index contributed by atoms with van der Waals surface area (Å²) in [4.78, 5) is 24.0. The van der Waals surface area contributed by atoms with Crippen molar-refractivity contribution in [2.75, 3.05) is 29.4 Å². The smallest absolute Gasteiger partial charge is 0.113 e. The molecule has 14 heteroatoms. The lowest BCUT2D eigenvalue weighted by Crippen LogP contribution is -2.09. The third-order valence-electron chi connectivity index (χ3n) is 12.8. The van der Waals surface area contributed by atoms with Gasteiger partial charge in [0, 0.05) is 41.2 Å². The molecule has 1 aliphatic rings. The lowest BCUT2D eigenvalue weighted by Gasteiger charge is -2.25. The van der Waals surface area contributed by atoms with Gasteiger partial charge in [-0.2, -0.15) is 0 Å². The predicted octanol–water partition coefficient (Wildman–Crippen LogP) is 20.7. The van der Waals surface area contributed by atoms with Crippen LogP contribution in [0.4, 0.5) is 94.1 Å². The molecule has 76 heavy (non-hydrogen) atoms. The van der Waals surface area contributed by atoms with E-state index in [0.717, 1.165) is 105 Å². The van der Waals surface area contributed by atoms with Gasteiger partial charge in [0.1, 0.15) is 65.5 Å². The molecule has 12 bridgehead atoms. The van der Waals surface area contributed by atoms with E-state index in [-0.39, 0.29) is 0 Å². The number of aromatic nitrogens is 2. The zero-order valence-corrected chi connectivity index (χ0v) is 45.0. The molecule has 1 aliphatic heterocycles. The zero-order chi connectivity index (χ0) is 50.4. The molecule has 0 atom stereocenters. The van der Waals surface area contributed by atoms with E-state index in [9.17, 15) is 0 Å². The van der Waals surface area contributed by atoms with Gasteiger partial charge in [-0.25, -0.2) is 0 Å². The number of para-hydroxylation sites is 4. The third-order valence-corrected chi connectivity index (χ3v) is 19.1. The van der Waals surface area contributed by atoms with Gasteiger partial charge in [0.2, 0.25) is 0 Å². The number of thiophene rings is 6. The van der Waals surface area contributed by atoms with Crippen molar-refractivity contribution in [3.05, 3.63) is 255 Å². The van der Waals surface area contributed by atoms with E-state index in [1.54, 1.807) is 68.0 Å². The Morgan fingerprint density at radius 3 is 0.921 bits per heavy atom. The van der Waals surface area contributed by atoms with Crippen LogP contribution in [0.5, 0.6) is 0 Å². The fourth-order valence-corrected chi connectivity index (χ4v) is 16.2. The number of nitrogens with zero attached hydrogens (tertiary/aromatic N) is 8. The molecular weight excluding hydrogens is 1050 g/mol. The van der Waals surface area contributed by atoms with Crippen molar-refractivity contribution < 1.29 is 0 Å². The minimum atomic E-state index is 0.825. The summed E-state index contributed by atoms with van der Waals surface area (Å²) in [7, 11) is 0. The summed E-state index contributed by atoms with van der Waals surface area (Å²) < 4.78 is 0. The second kappa shape index (κ2) is 20.0. The van der Waals surface area contributed by atoms with Crippen LogP contribution in [0, 0.1) is 12.1 Å². The molecule has 0 aliphatic carbocycles. The number of hydrogen-bond donors (Lipinski definition) is 0. The topological polar surface area (TPSA) is 45.2 Å². The predicted molar refractivity (Wildman–Crippen MR) is 326 cm³/mol. The van der Waals surface area contributed by atoms with Gasteiger partial charge in [-0.1, -0.05) is 153 Å². The van der Waals surface area contributed by atoms with E-state index in [1.165, 1.54) is 0 Å². The molecule has 14 rings (SSSR count). The highest BCUT2D eigenvalue weighted by molar-refractivity contribution is 7.25. The van der Waals surface area contributed by atoms with Gasteiger partial charge >= 0.3 is 0 Å². The first-order valence-electron chi connectivity index (χ1n) is 24.4. The summed E-state index contributed by atoms with van der Waals surface area (Å²) >= 11 is 10.5. The summed E-state index contributed by atoms with van der Waals surface area (Å²) in [6.07, 6.45) is 3.74. The van der Waals surface area contributed by atoms with Crippen molar-refractivity contribution in [3.8, 4) is 0 Å². The zero-order valence-electron chi connectivity index (χ0n) is 40.1. The van der Waals surface area contributed by atoms with Gasteiger partial charge in [0.15, 0.2) is 0 Å². The first-order chi connectivity index (χ1) is 37.7. The average molecular weight is 1090 g/mol. The Kier molecular flexibility index (Phi) is 12.1. The van der Waals surface area contributed by atoms with Crippen molar-refractivity contribution >= 4 is 173 Å². The lowest BCUT2D eigenvalue weighted by molar-refractivity contribution is 1.28. The van der Waals surface area contributed by atoms with Gasteiger partial charge in [0.25, 0.3) is 0 Å². The molecule has 5 aromatic carbocycles. The van der Waals surface area contributed by atoms with Crippen molar-refractivity contribution in [1.29, 1.82) is 0 Å². The van der Waals surface area contributed by atoms with Crippen LogP contribution < -0.4 is 29.4 Å². The number of benzene rings is 4. The standard InChI is InChI=1S/C62H40N8S6/c1-6-17-43(18-7-1)65-50-28-30-52(71-50)66(44-19-8-2-9-20-44)54-32-34-56(73-54)68(46-23-12-4-13-24-46)58-36-38-60(75-58)70(49-40-42-63-48-27-16-41-64-62(48)49)61-39-37-59(76-61)69(47-25-14-5-15-26-47)57-35-33-55(74-57)67(45-21-10-3-11-22-45)53-31-29-51(65)72-53/h1-2,4-10,12-42H. The molecule has 8 aromatic heterocycles. The maximum absolute atomic E-state index is 4.96. The molecule has 0 amide bonds. The fourth-order valence-electron chi connectivity index (χ4n) is 9.44. The first kappa shape index (κ1) is 46.0. The van der Waals surface area contributed by atoms with E-state index >= 15 is 0 Å². The van der Waals surface area contributed by atoms with E-state index in [2.05, 4.69) is 248 Å². The molecule has 0 N–H and O–H groups in total. The maximum atomic E-state index is 4.96. The van der Waals surface area contributed by atoms with Gasteiger partial charge in [-0.3, -0.25) is 39.4 Å². The van der Waals surface area contributed by atoms with Crippen LogP contribution in [0.1, 0.15) is 0 Å². The van der Waals surface area contributed by atoms with Crippen LogP contribution >= 0.6 is 68.0 Å². The molecular formula is C62H40N8S6. The summed E-state index contributed by atoms with van der Waals surface area (Å²) in [5.41, 5.74) is 7.90. The van der Waals surface area contributed by atoms with E-state index < -0.39 is 0 Å². The summed E-state index contributed by atoms with van der Waals surface area (Å²) in [6.45, 7) is 0. The Morgan fingerprint density at radius 1 is 0.263 bits per heavy atom. The molecule has 13 aromatic rings. The summed E-state index contributed by atoms with van der Waals surface area (Å²) in [6, 6.07) is 88.3. The Balaban J connectivity index is 1.00. The van der Waals surface area contributed by atoms with Gasteiger partial charge in [0.05, 0.1) is 16.9 Å². The molecule has 0 radical (unpaired) electrons. The van der Waals surface area contributed by atoms with Crippen LogP contribution in [0.2, 0.25) is 0 Å². The Labute approximate surface area is 464 Å². The quantitative estimate of drug-likeness (QED) is 0.163. The number of rotatable bonds is 6. The summed E-state index contributed by atoms with van der Waals surface area (Å²) in [5.74, 6) is 0. The molecule has 0 saturated heterocycles. The monoisotopic (exact) mass is 1090 g/mol. The Bertz CT molecular complexity index is 3860. The van der Waals surface area contributed by atoms with E-state index in [1.807, 2.05) is 36.7 Å². The van der Waals surface area contributed by atoms with Crippen molar-refractivity contribution in [2.45, 2.75) is 0 Å². The number of anilines is 18. The highest BCUT2D eigenvalue weighted by Crippen LogP contribution is 2.56. The van der Waals surface area contributed by atoms with E-state index in [4.69, 9.17) is 9.97 Å². The maximum Gasteiger partial charge on any atom is 0.113 e. The van der Waals surface area contributed by atoms with Crippen LogP contribution in [0.3, 0.4) is 0 Å². The Hall–Kier alpha value is -8.52. The second-order valence-corrected chi connectivity index (χ2v) is 23.7. The minimum Gasteiger partial charge on any atom is -0.293 e. The van der Waals surface area contributed by atoms with Crippen molar-refractivity contribution in [3.63, 3.8) is 0 Å². The van der Waals surface area contributed by atoms with E-state index in [0.29, 0.717) is 0 Å². The van der Waals surface area contributed by atoms with Crippen LogP contribution in [-0.4, -0.2) is 9.97 Å². The number of pyridine rings is 2. The molecule has 0 spiro atoms. The summed E-state index contributed by atoms with van der Waals surface area (Å²) in [5, 5.41) is 12.9. The molecule has 8 nitrogen and oxygen atoms in total. The number of fused-ring (bicyclic) bond motifs is 13. The highest BCUT2D eigenvalue weighted by atomic mass is 32.1. The highest BCUT2D eigenvalue weighted by Gasteiger charge is 2.29. The normalized spacial score (nSPS) is 12.7. The van der Waals surface area contributed by atoms with Gasteiger partial charge < -0.3 is 0 Å². The van der Waals surface area contributed by atoms with Crippen LogP contribution in [-0.2, 0) is 0 Å². The SMILES string of the molecule is c1ccc(N2c3ccc(s3)N(c3ccccc3)c3ccc(s3)N(c3ccccc3)c3ccc(s3)N(c3ccccc3)c3ccc(s3)N(c3ccnc4cccnc34)c3ccc(s3)N(c3ccccc3)c3ccc2s3)cc#1. The fraction of sp³-hybridized carbons (Fsp3) is 0. The van der Waals surface area contributed by atoms with Crippen molar-refractivity contribution in [1.82, 2.24) is 9.97 Å². The molecule has 0 unspecified atom stereocenters. The van der Waals surface area contributed by atoms with Crippen LogP contribution in [0.15, 0.2) is 243 Å². The van der Waals surface area contributed by atoms with Gasteiger partial charge in [-0.15, -0.1) is 0 Å². The van der Waals surface area contributed by atoms with Crippen molar-refractivity contribution in [2.24, 2.45) is 0 Å². The largest absolute Gasteiger partial charge is 0.293 e. The lowest BCUT2D eigenvalue weighted by atomic mass is 10.2. The average Bonchev–Trinajstić information content (AvgIpc) is 4.38. The minimum absolute atomic E-state index is 0.825. The molecule has 0 fully saturated rings. The second-order valence-electron chi connectivity index (χ2n) is 17.4. The number of hydrogen-bond acceptors (Lipinski definition) is 14. The third kappa shape index (κ3) is 8.55. The molecule has 0 saturated carbocycles. The first-order valence-corrected chi connectivity index (χ1v) is 29.3. The molecule has 364 valence electrons. The van der Waals surface area contributed by atoms with Gasteiger partial charge in [-0.05, 0) is 152 Å².